The van der Waals surface area contributed by atoms with E-state index >= 15 is 0 Å². The topological polar surface area (TPSA) is 3.24 Å². The van der Waals surface area contributed by atoms with Crippen molar-refractivity contribution in [3.05, 3.63) is 247 Å². The number of benzene rings is 9. The largest absolute Gasteiger partial charge is 0.310 e. The number of fused-ring (bicyclic) bond motifs is 3. The smallest absolute Gasteiger partial charge is 0.0467 e. The molecule has 1 unspecified atom stereocenters. The van der Waals surface area contributed by atoms with Crippen molar-refractivity contribution < 1.29 is 0 Å². The Balaban J connectivity index is 1.03. The SMILES string of the molecule is c1ccc(-c2cccc(N(c3ccc(-c4ccccc4-c4ccc5c(c4)CC(c4ccccc4)c4ccccc4-5)cc3)c3cccc(-c4ccccc4)c3)c2)cc1. The Morgan fingerprint density at radius 1 is 0.298 bits per heavy atom. The number of anilines is 3. The van der Waals surface area contributed by atoms with E-state index in [4.69, 9.17) is 0 Å². The molecule has 1 heteroatoms. The number of rotatable bonds is 8. The molecular weight excluding hydrogens is 687 g/mol. The monoisotopic (exact) mass is 727 g/mol. The molecule has 0 bridgehead atoms. The van der Waals surface area contributed by atoms with Crippen LogP contribution in [0.1, 0.15) is 22.6 Å². The van der Waals surface area contributed by atoms with Crippen molar-refractivity contribution in [2.45, 2.75) is 12.3 Å². The molecule has 1 aliphatic carbocycles. The van der Waals surface area contributed by atoms with E-state index < -0.39 is 0 Å². The van der Waals surface area contributed by atoms with Crippen molar-refractivity contribution in [2.75, 3.05) is 4.90 Å². The van der Waals surface area contributed by atoms with Crippen LogP contribution in [-0.2, 0) is 6.42 Å². The van der Waals surface area contributed by atoms with Gasteiger partial charge in [-0.2, -0.15) is 0 Å². The van der Waals surface area contributed by atoms with Gasteiger partial charge in [-0.15, -0.1) is 0 Å². The highest BCUT2D eigenvalue weighted by Crippen LogP contribution is 2.45. The molecule has 0 N–H and O–H groups in total. The molecule has 9 aromatic carbocycles. The lowest BCUT2D eigenvalue weighted by Gasteiger charge is -2.29. The quantitative estimate of drug-likeness (QED) is 0.151. The van der Waals surface area contributed by atoms with Gasteiger partial charge in [0.05, 0.1) is 0 Å². The molecule has 10 rings (SSSR count). The average molecular weight is 728 g/mol. The summed E-state index contributed by atoms with van der Waals surface area (Å²) in [5.41, 5.74) is 19.9. The van der Waals surface area contributed by atoms with Crippen molar-refractivity contribution in [3.8, 4) is 55.6 Å². The summed E-state index contributed by atoms with van der Waals surface area (Å²) in [6, 6.07) is 83.9. The van der Waals surface area contributed by atoms with Crippen molar-refractivity contribution in [3.63, 3.8) is 0 Å². The minimum Gasteiger partial charge on any atom is -0.310 e. The maximum Gasteiger partial charge on any atom is 0.0467 e. The zero-order valence-corrected chi connectivity index (χ0v) is 31.7. The van der Waals surface area contributed by atoms with Crippen LogP contribution in [0.3, 0.4) is 0 Å². The highest BCUT2D eigenvalue weighted by atomic mass is 15.1. The fourth-order valence-corrected chi connectivity index (χ4v) is 8.69. The van der Waals surface area contributed by atoms with Crippen LogP contribution < -0.4 is 4.90 Å². The third-order valence-corrected chi connectivity index (χ3v) is 11.5. The van der Waals surface area contributed by atoms with Crippen molar-refractivity contribution in [2.24, 2.45) is 0 Å². The Morgan fingerprint density at radius 2 is 0.789 bits per heavy atom. The van der Waals surface area contributed by atoms with E-state index in [1.165, 1.54) is 72.3 Å². The van der Waals surface area contributed by atoms with Gasteiger partial charge in [0.1, 0.15) is 0 Å². The van der Waals surface area contributed by atoms with Gasteiger partial charge in [-0.1, -0.05) is 194 Å². The summed E-state index contributed by atoms with van der Waals surface area (Å²) < 4.78 is 0. The van der Waals surface area contributed by atoms with Gasteiger partial charge >= 0.3 is 0 Å². The van der Waals surface area contributed by atoms with E-state index in [0.717, 1.165) is 23.5 Å². The molecule has 0 heterocycles. The van der Waals surface area contributed by atoms with E-state index in [0.29, 0.717) is 5.92 Å². The van der Waals surface area contributed by atoms with Crippen LogP contribution in [0.5, 0.6) is 0 Å². The average Bonchev–Trinajstić information content (AvgIpc) is 3.30. The summed E-state index contributed by atoms with van der Waals surface area (Å²) >= 11 is 0. The predicted molar refractivity (Wildman–Crippen MR) is 240 cm³/mol. The molecule has 270 valence electrons. The van der Waals surface area contributed by atoms with Gasteiger partial charge in [0.2, 0.25) is 0 Å². The first-order valence-electron chi connectivity index (χ1n) is 19.8. The Hall–Kier alpha value is -7.22. The normalized spacial score (nSPS) is 13.0. The zero-order valence-electron chi connectivity index (χ0n) is 31.7. The van der Waals surface area contributed by atoms with Gasteiger partial charge in [0, 0.05) is 23.0 Å². The fraction of sp³-hybridized carbons (Fsp3) is 0.0357. The first-order valence-corrected chi connectivity index (χ1v) is 19.8. The summed E-state index contributed by atoms with van der Waals surface area (Å²) in [6.07, 6.45) is 0.980. The molecule has 0 amide bonds. The van der Waals surface area contributed by atoms with Crippen LogP contribution in [0.15, 0.2) is 231 Å². The molecule has 1 nitrogen and oxygen atoms in total. The van der Waals surface area contributed by atoms with Crippen LogP contribution in [0.4, 0.5) is 17.1 Å². The molecule has 0 aliphatic heterocycles. The van der Waals surface area contributed by atoms with E-state index in [1.807, 2.05) is 0 Å². The van der Waals surface area contributed by atoms with Crippen LogP contribution in [0.25, 0.3) is 55.6 Å². The lowest BCUT2D eigenvalue weighted by atomic mass is 9.75. The fourth-order valence-electron chi connectivity index (χ4n) is 8.69. The second kappa shape index (κ2) is 15.1. The van der Waals surface area contributed by atoms with Gasteiger partial charge in [-0.25, -0.2) is 0 Å². The molecule has 0 aromatic heterocycles. The lowest BCUT2D eigenvalue weighted by Crippen LogP contribution is -2.12. The second-order valence-corrected chi connectivity index (χ2v) is 14.9. The van der Waals surface area contributed by atoms with Crippen LogP contribution in [0.2, 0.25) is 0 Å². The van der Waals surface area contributed by atoms with Crippen LogP contribution in [-0.4, -0.2) is 0 Å². The molecule has 1 atom stereocenters. The Bertz CT molecular complexity index is 2720. The minimum absolute atomic E-state index is 0.331. The van der Waals surface area contributed by atoms with Crippen molar-refractivity contribution >= 4 is 17.1 Å². The van der Waals surface area contributed by atoms with Gasteiger partial charge in [-0.3, -0.25) is 0 Å². The standard InChI is InChI=1S/C56H41N/c1-4-16-40(17-5-1)44-22-14-24-49(37-44)57(50-25-15-23-45(38-50)41-18-6-2-7-19-41)48-33-30-43(31-34-48)51-26-10-11-27-52(51)46-32-35-53-47(36-46)39-56(42-20-8-3-9-21-42)55-29-13-12-28-54(53)55/h1-38,56H,39H2. The maximum atomic E-state index is 2.44. The highest BCUT2D eigenvalue weighted by molar-refractivity contribution is 5.88. The molecule has 0 radical (unpaired) electrons. The van der Waals surface area contributed by atoms with Gasteiger partial charge < -0.3 is 4.90 Å². The van der Waals surface area contributed by atoms with Gasteiger partial charge in [0.15, 0.2) is 0 Å². The Morgan fingerprint density at radius 3 is 1.40 bits per heavy atom. The summed E-state index contributed by atoms with van der Waals surface area (Å²) in [7, 11) is 0. The summed E-state index contributed by atoms with van der Waals surface area (Å²) in [6.45, 7) is 0. The zero-order chi connectivity index (χ0) is 38.0. The number of nitrogens with zero attached hydrogens (tertiary/aromatic N) is 1. The second-order valence-electron chi connectivity index (χ2n) is 14.9. The van der Waals surface area contributed by atoms with E-state index in [2.05, 4.69) is 235 Å². The molecule has 0 saturated carbocycles. The Kier molecular flexibility index (Phi) is 9.10. The highest BCUT2D eigenvalue weighted by Gasteiger charge is 2.26. The van der Waals surface area contributed by atoms with Gasteiger partial charge in [0.25, 0.3) is 0 Å². The third-order valence-electron chi connectivity index (χ3n) is 11.5. The number of hydrogen-bond donors (Lipinski definition) is 0. The molecule has 0 saturated heterocycles. The molecule has 9 aromatic rings. The lowest BCUT2D eigenvalue weighted by molar-refractivity contribution is 0.794. The first-order chi connectivity index (χ1) is 28.3. The van der Waals surface area contributed by atoms with E-state index in [-0.39, 0.29) is 0 Å². The Labute approximate surface area is 335 Å². The van der Waals surface area contributed by atoms with Crippen molar-refractivity contribution in [1.82, 2.24) is 0 Å². The van der Waals surface area contributed by atoms with Crippen LogP contribution in [0, 0.1) is 0 Å². The van der Waals surface area contributed by atoms with Gasteiger partial charge in [-0.05, 0) is 115 Å². The predicted octanol–water partition coefficient (Wildman–Crippen LogP) is 15.2. The summed E-state index contributed by atoms with van der Waals surface area (Å²) in [5, 5.41) is 0. The van der Waals surface area contributed by atoms with E-state index in [1.54, 1.807) is 0 Å². The number of hydrogen-bond acceptors (Lipinski definition) is 1. The molecular formula is C56H41N. The summed E-state index contributed by atoms with van der Waals surface area (Å²) in [5.74, 6) is 0.331. The molecule has 57 heavy (non-hydrogen) atoms. The van der Waals surface area contributed by atoms with Crippen LogP contribution >= 0.6 is 0 Å². The van der Waals surface area contributed by atoms with Crippen molar-refractivity contribution in [1.29, 1.82) is 0 Å². The molecule has 0 spiro atoms. The first kappa shape index (κ1) is 34.3. The third kappa shape index (κ3) is 6.75. The summed E-state index contributed by atoms with van der Waals surface area (Å²) in [4.78, 5) is 2.37. The molecule has 0 fully saturated rings. The minimum atomic E-state index is 0.331. The molecule has 1 aliphatic rings. The van der Waals surface area contributed by atoms with E-state index in [9.17, 15) is 0 Å². The maximum absolute atomic E-state index is 2.44.